The van der Waals surface area contributed by atoms with Crippen LogP contribution in [0.3, 0.4) is 0 Å². The van der Waals surface area contributed by atoms with Gasteiger partial charge in [0, 0.05) is 11.6 Å². The molecule has 0 saturated heterocycles. The number of amides is 1. The number of halogens is 2. The summed E-state index contributed by atoms with van der Waals surface area (Å²) >= 11 is 9.06. The minimum Gasteiger partial charge on any atom is -0.355 e. The molecule has 0 aliphatic carbocycles. The molecule has 1 aromatic carbocycles. The van der Waals surface area contributed by atoms with Crippen molar-refractivity contribution in [1.82, 2.24) is 5.32 Å². The summed E-state index contributed by atoms with van der Waals surface area (Å²) in [7, 11) is 0. The van der Waals surface area contributed by atoms with E-state index >= 15 is 0 Å². The van der Waals surface area contributed by atoms with Crippen LogP contribution in [0, 0.1) is 0 Å². The minimum atomic E-state index is -0.306. The third-order valence-electron chi connectivity index (χ3n) is 1.74. The van der Waals surface area contributed by atoms with E-state index in [9.17, 15) is 4.79 Å². The first-order valence-corrected chi connectivity index (χ1v) is 5.61. The fraction of sp³-hybridized carbons (Fsp3) is 0.300. The Morgan fingerprint density at radius 3 is 2.57 bits per heavy atom. The van der Waals surface area contributed by atoms with Crippen LogP contribution in [0.15, 0.2) is 24.3 Å². The molecule has 1 atom stereocenters. The fourth-order valence-electron chi connectivity index (χ4n) is 1.05. The normalized spacial score (nSPS) is 12.2. The van der Waals surface area contributed by atoms with Gasteiger partial charge in [-0.1, -0.05) is 39.7 Å². The lowest BCUT2D eigenvalue weighted by atomic mass is 10.1. The van der Waals surface area contributed by atoms with Crippen LogP contribution in [0.5, 0.6) is 0 Å². The van der Waals surface area contributed by atoms with Crippen LogP contribution in [0.4, 0.5) is 0 Å². The molecule has 0 aromatic heterocycles. The molecule has 0 bridgehead atoms. The maximum absolute atomic E-state index is 11.4. The zero-order chi connectivity index (χ0) is 10.6. The zero-order valence-electron chi connectivity index (χ0n) is 7.76. The largest absolute Gasteiger partial charge is 0.355 e. The second-order valence-electron chi connectivity index (χ2n) is 2.81. The summed E-state index contributed by atoms with van der Waals surface area (Å²) in [5.74, 6) is -0.0326. The quantitative estimate of drug-likeness (QED) is 0.845. The lowest BCUT2D eigenvalue weighted by Crippen LogP contribution is -2.26. The van der Waals surface area contributed by atoms with Crippen molar-refractivity contribution in [2.75, 3.05) is 6.54 Å². The van der Waals surface area contributed by atoms with Gasteiger partial charge in [0.25, 0.3) is 0 Å². The predicted molar refractivity (Wildman–Crippen MR) is 61.8 cm³/mol. The van der Waals surface area contributed by atoms with Gasteiger partial charge in [0.2, 0.25) is 5.91 Å². The average molecular weight is 277 g/mol. The molecule has 1 unspecified atom stereocenters. The van der Waals surface area contributed by atoms with Crippen molar-refractivity contribution in [1.29, 1.82) is 0 Å². The molecule has 0 spiro atoms. The molecule has 1 aromatic rings. The maximum Gasteiger partial charge on any atom is 0.238 e. The van der Waals surface area contributed by atoms with Gasteiger partial charge >= 0.3 is 0 Å². The Morgan fingerprint density at radius 2 is 2.07 bits per heavy atom. The number of likely N-dealkylation sites (N-methyl/N-ethyl adjacent to an activating group) is 1. The molecular weight excluding hydrogens is 265 g/mol. The molecule has 14 heavy (non-hydrogen) atoms. The number of alkyl halides is 1. The molecule has 76 valence electrons. The van der Waals surface area contributed by atoms with Crippen molar-refractivity contribution in [2.24, 2.45) is 0 Å². The topological polar surface area (TPSA) is 29.1 Å². The fourth-order valence-corrected chi connectivity index (χ4v) is 1.64. The number of hydrogen-bond acceptors (Lipinski definition) is 1. The highest BCUT2D eigenvalue weighted by Gasteiger charge is 2.15. The van der Waals surface area contributed by atoms with E-state index in [4.69, 9.17) is 11.6 Å². The number of rotatable bonds is 3. The van der Waals surface area contributed by atoms with E-state index in [1.54, 1.807) is 12.1 Å². The summed E-state index contributed by atoms with van der Waals surface area (Å²) in [5, 5.41) is 3.41. The summed E-state index contributed by atoms with van der Waals surface area (Å²) in [6.07, 6.45) is 0. The number of hydrogen-bond donors (Lipinski definition) is 1. The predicted octanol–water partition coefficient (Wildman–Crippen LogP) is 2.91. The Labute approximate surface area is 96.8 Å². The number of nitrogens with one attached hydrogen (secondary N) is 1. The number of carbonyl (C=O) groups excluding carboxylic acids is 1. The highest BCUT2D eigenvalue weighted by molar-refractivity contribution is 9.09. The van der Waals surface area contributed by atoms with E-state index in [2.05, 4.69) is 21.2 Å². The molecular formula is C10H11BrClNO. The van der Waals surface area contributed by atoms with Crippen LogP contribution in [-0.2, 0) is 4.79 Å². The van der Waals surface area contributed by atoms with Gasteiger partial charge in [0.05, 0.1) is 0 Å². The summed E-state index contributed by atoms with van der Waals surface area (Å²) in [4.78, 5) is 11.1. The molecule has 1 amide bonds. The summed E-state index contributed by atoms with van der Waals surface area (Å²) < 4.78 is 0. The van der Waals surface area contributed by atoms with E-state index in [0.717, 1.165) is 5.56 Å². The summed E-state index contributed by atoms with van der Waals surface area (Å²) in [6.45, 7) is 2.52. The van der Waals surface area contributed by atoms with Gasteiger partial charge in [0.1, 0.15) is 4.83 Å². The Balaban J connectivity index is 2.73. The molecule has 0 radical (unpaired) electrons. The Bertz CT molecular complexity index is 312. The van der Waals surface area contributed by atoms with Gasteiger partial charge in [-0.05, 0) is 24.6 Å². The second-order valence-corrected chi connectivity index (χ2v) is 4.16. The van der Waals surface area contributed by atoms with Gasteiger partial charge in [-0.25, -0.2) is 0 Å². The van der Waals surface area contributed by atoms with Crippen molar-refractivity contribution in [2.45, 2.75) is 11.8 Å². The van der Waals surface area contributed by atoms with Crippen LogP contribution < -0.4 is 5.32 Å². The zero-order valence-corrected chi connectivity index (χ0v) is 10.1. The minimum absolute atomic E-state index is 0.0326. The molecule has 4 heteroatoms. The van der Waals surface area contributed by atoms with Gasteiger partial charge in [-0.15, -0.1) is 0 Å². The number of carbonyl (C=O) groups is 1. The maximum atomic E-state index is 11.4. The molecule has 2 nitrogen and oxygen atoms in total. The lowest BCUT2D eigenvalue weighted by Gasteiger charge is -2.09. The van der Waals surface area contributed by atoms with Crippen molar-refractivity contribution >= 4 is 33.4 Å². The van der Waals surface area contributed by atoms with Gasteiger partial charge in [-0.3, -0.25) is 4.79 Å². The molecule has 1 rings (SSSR count). The van der Waals surface area contributed by atoms with E-state index < -0.39 is 0 Å². The lowest BCUT2D eigenvalue weighted by molar-refractivity contribution is -0.120. The van der Waals surface area contributed by atoms with Crippen molar-refractivity contribution in [3.8, 4) is 0 Å². The standard InChI is InChI=1S/C10H11BrClNO/c1-2-13-10(14)9(11)7-3-5-8(12)6-4-7/h3-6,9H,2H2,1H3,(H,13,14). The molecule has 0 aliphatic rings. The average Bonchev–Trinajstić information content (AvgIpc) is 2.18. The van der Waals surface area contributed by atoms with Crippen LogP contribution >= 0.6 is 27.5 Å². The molecule has 0 aliphatic heterocycles. The molecule has 0 saturated carbocycles. The van der Waals surface area contributed by atoms with E-state index in [1.807, 2.05) is 19.1 Å². The summed E-state index contributed by atoms with van der Waals surface area (Å²) in [6, 6.07) is 7.20. The second kappa shape index (κ2) is 5.37. The summed E-state index contributed by atoms with van der Waals surface area (Å²) in [5.41, 5.74) is 0.903. The third kappa shape index (κ3) is 3.00. The number of benzene rings is 1. The highest BCUT2D eigenvalue weighted by Crippen LogP contribution is 2.24. The molecule has 0 fully saturated rings. The van der Waals surface area contributed by atoms with Crippen LogP contribution in [-0.4, -0.2) is 12.5 Å². The highest BCUT2D eigenvalue weighted by atomic mass is 79.9. The third-order valence-corrected chi connectivity index (χ3v) is 2.94. The van der Waals surface area contributed by atoms with Crippen LogP contribution in [0.1, 0.15) is 17.3 Å². The first kappa shape index (κ1) is 11.5. The van der Waals surface area contributed by atoms with Gasteiger partial charge in [0.15, 0.2) is 0 Å². The van der Waals surface area contributed by atoms with Crippen molar-refractivity contribution in [3.63, 3.8) is 0 Å². The SMILES string of the molecule is CCNC(=O)C(Br)c1ccc(Cl)cc1. The van der Waals surface area contributed by atoms with E-state index in [0.29, 0.717) is 11.6 Å². The van der Waals surface area contributed by atoms with Crippen LogP contribution in [0.2, 0.25) is 5.02 Å². The van der Waals surface area contributed by atoms with Crippen LogP contribution in [0.25, 0.3) is 0 Å². The van der Waals surface area contributed by atoms with Crippen molar-refractivity contribution in [3.05, 3.63) is 34.9 Å². The Kier molecular flexibility index (Phi) is 4.42. The first-order valence-electron chi connectivity index (χ1n) is 4.32. The Hall–Kier alpha value is -0.540. The van der Waals surface area contributed by atoms with Gasteiger partial charge in [-0.2, -0.15) is 0 Å². The first-order chi connectivity index (χ1) is 6.65. The molecule has 1 N–H and O–H groups in total. The Morgan fingerprint density at radius 1 is 1.50 bits per heavy atom. The van der Waals surface area contributed by atoms with Crippen molar-refractivity contribution < 1.29 is 4.79 Å². The van der Waals surface area contributed by atoms with E-state index in [-0.39, 0.29) is 10.7 Å². The molecule has 0 heterocycles. The smallest absolute Gasteiger partial charge is 0.238 e. The van der Waals surface area contributed by atoms with Gasteiger partial charge < -0.3 is 5.32 Å². The van der Waals surface area contributed by atoms with E-state index in [1.165, 1.54) is 0 Å². The monoisotopic (exact) mass is 275 g/mol.